The molecule has 0 aliphatic carbocycles. The molecule has 0 radical (unpaired) electrons. The third kappa shape index (κ3) is 9.28. The van der Waals surface area contributed by atoms with Crippen LogP contribution in [0.15, 0.2) is 41.0 Å². The van der Waals surface area contributed by atoms with Gasteiger partial charge in [-0.05, 0) is 49.7 Å². The van der Waals surface area contributed by atoms with Crippen LogP contribution in [-0.2, 0) is 6.42 Å². The maximum absolute atomic E-state index is 4.79. The summed E-state index contributed by atoms with van der Waals surface area (Å²) in [6, 6.07) is 6.19. The molecule has 0 spiro atoms. The van der Waals surface area contributed by atoms with E-state index in [-0.39, 0.29) is 24.0 Å². The molecule has 1 fully saturated rings. The van der Waals surface area contributed by atoms with Crippen molar-refractivity contribution in [2.75, 3.05) is 57.3 Å². The summed E-state index contributed by atoms with van der Waals surface area (Å²) in [6.45, 7) is 12.3. The first-order valence-electron chi connectivity index (χ1n) is 11.0. The lowest BCUT2D eigenvalue weighted by Gasteiger charge is -2.34. The summed E-state index contributed by atoms with van der Waals surface area (Å²) in [7, 11) is 0. The standard InChI is InChI=1S/C22H35N7S.HI/c1-3-23-21(27-18-19(2)17-20-7-4-16-30-20)24-10-6-11-28-12-14-29(15-13-28)22-25-8-5-9-26-22;/h4-5,7-9,16,19H,3,6,10-15,17-18H2,1-2H3,(H2,23,24,27);1H. The Morgan fingerprint density at radius 1 is 1.16 bits per heavy atom. The van der Waals surface area contributed by atoms with E-state index >= 15 is 0 Å². The lowest BCUT2D eigenvalue weighted by atomic mass is 10.1. The van der Waals surface area contributed by atoms with Gasteiger partial charge in [0.05, 0.1) is 0 Å². The van der Waals surface area contributed by atoms with Crippen molar-refractivity contribution >= 4 is 47.2 Å². The largest absolute Gasteiger partial charge is 0.357 e. The van der Waals surface area contributed by atoms with E-state index < -0.39 is 0 Å². The predicted octanol–water partition coefficient (Wildman–Crippen LogP) is 3.10. The number of aromatic nitrogens is 2. The molecule has 3 heterocycles. The van der Waals surface area contributed by atoms with Crippen molar-refractivity contribution in [1.82, 2.24) is 25.5 Å². The van der Waals surface area contributed by atoms with Crippen molar-refractivity contribution in [3.05, 3.63) is 40.8 Å². The Morgan fingerprint density at radius 2 is 1.94 bits per heavy atom. The smallest absolute Gasteiger partial charge is 0.225 e. The number of rotatable bonds is 10. The second-order valence-corrected chi connectivity index (χ2v) is 8.80. The summed E-state index contributed by atoms with van der Waals surface area (Å²) in [5.41, 5.74) is 0. The number of nitrogens with zero attached hydrogens (tertiary/aromatic N) is 5. The van der Waals surface area contributed by atoms with Crippen LogP contribution >= 0.6 is 35.3 Å². The van der Waals surface area contributed by atoms with Crippen LogP contribution in [0.25, 0.3) is 0 Å². The molecule has 31 heavy (non-hydrogen) atoms. The van der Waals surface area contributed by atoms with Crippen molar-refractivity contribution in [1.29, 1.82) is 0 Å². The van der Waals surface area contributed by atoms with Crippen molar-refractivity contribution in [3.63, 3.8) is 0 Å². The number of thiophene rings is 1. The molecule has 0 saturated carbocycles. The van der Waals surface area contributed by atoms with Crippen molar-refractivity contribution in [2.24, 2.45) is 10.9 Å². The van der Waals surface area contributed by atoms with Gasteiger partial charge in [0.2, 0.25) is 5.95 Å². The fourth-order valence-corrected chi connectivity index (χ4v) is 4.43. The number of hydrogen-bond acceptors (Lipinski definition) is 6. The van der Waals surface area contributed by atoms with Crippen LogP contribution in [0.2, 0.25) is 0 Å². The molecule has 2 aromatic rings. The summed E-state index contributed by atoms with van der Waals surface area (Å²) in [4.78, 5) is 19.7. The molecule has 1 atom stereocenters. The quantitative estimate of drug-likeness (QED) is 0.203. The molecule has 1 aliphatic heterocycles. The Balaban J connectivity index is 0.00000341. The first kappa shape index (κ1) is 25.8. The van der Waals surface area contributed by atoms with E-state index in [1.807, 2.05) is 29.8 Å². The van der Waals surface area contributed by atoms with E-state index in [4.69, 9.17) is 4.99 Å². The van der Waals surface area contributed by atoms with Crippen LogP contribution in [0.1, 0.15) is 25.1 Å². The highest BCUT2D eigenvalue weighted by Crippen LogP contribution is 2.14. The van der Waals surface area contributed by atoms with E-state index in [1.165, 1.54) is 4.88 Å². The zero-order valence-corrected chi connectivity index (χ0v) is 21.8. The Kier molecular flexibility index (Phi) is 12.1. The van der Waals surface area contributed by atoms with Gasteiger partial charge < -0.3 is 15.5 Å². The number of piperazine rings is 1. The van der Waals surface area contributed by atoms with E-state index in [0.29, 0.717) is 5.92 Å². The molecular formula is C22H36IN7S. The van der Waals surface area contributed by atoms with Crippen molar-refractivity contribution in [3.8, 4) is 0 Å². The second kappa shape index (κ2) is 14.6. The van der Waals surface area contributed by atoms with Gasteiger partial charge >= 0.3 is 0 Å². The Labute approximate surface area is 207 Å². The van der Waals surface area contributed by atoms with Gasteiger partial charge in [0.25, 0.3) is 0 Å². The highest BCUT2D eigenvalue weighted by atomic mass is 127. The molecule has 0 aromatic carbocycles. The number of nitrogens with one attached hydrogen (secondary N) is 2. The lowest BCUT2D eigenvalue weighted by molar-refractivity contribution is 0.254. The minimum absolute atomic E-state index is 0. The van der Waals surface area contributed by atoms with E-state index in [1.54, 1.807) is 0 Å². The van der Waals surface area contributed by atoms with Crippen molar-refractivity contribution in [2.45, 2.75) is 26.7 Å². The highest BCUT2D eigenvalue weighted by molar-refractivity contribution is 14.0. The second-order valence-electron chi connectivity index (χ2n) is 7.77. The van der Waals surface area contributed by atoms with Crippen LogP contribution in [0.5, 0.6) is 0 Å². The molecule has 3 rings (SSSR count). The van der Waals surface area contributed by atoms with Crippen molar-refractivity contribution < 1.29 is 0 Å². The van der Waals surface area contributed by atoms with Crippen LogP contribution in [0.4, 0.5) is 5.95 Å². The number of guanidine groups is 1. The topological polar surface area (TPSA) is 68.7 Å². The summed E-state index contributed by atoms with van der Waals surface area (Å²) >= 11 is 1.83. The van der Waals surface area contributed by atoms with Gasteiger partial charge in [-0.25, -0.2) is 9.97 Å². The van der Waals surface area contributed by atoms with Gasteiger partial charge in [-0.3, -0.25) is 9.89 Å². The first-order chi connectivity index (χ1) is 14.7. The number of aliphatic imine (C=N–C) groups is 1. The molecule has 1 saturated heterocycles. The summed E-state index contributed by atoms with van der Waals surface area (Å²) in [6.07, 6.45) is 5.83. The summed E-state index contributed by atoms with van der Waals surface area (Å²) < 4.78 is 0. The van der Waals surface area contributed by atoms with Crippen LogP contribution in [-0.4, -0.2) is 73.2 Å². The highest BCUT2D eigenvalue weighted by Gasteiger charge is 2.18. The van der Waals surface area contributed by atoms with Gasteiger partial charge in [0, 0.05) is 63.1 Å². The minimum Gasteiger partial charge on any atom is -0.357 e. The monoisotopic (exact) mass is 557 g/mol. The third-order valence-corrected chi connectivity index (χ3v) is 6.08. The zero-order chi connectivity index (χ0) is 21.0. The normalized spacial score (nSPS) is 15.9. The molecule has 1 aliphatic rings. The third-order valence-electron chi connectivity index (χ3n) is 5.19. The van der Waals surface area contributed by atoms with Crippen LogP contribution in [0.3, 0.4) is 0 Å². The van der Waals surface area contributed by atoms with Gasteiger partial charge in [0.1, 0.15) is 0 Å². The molecule has 1 unspecified atom stereocenters. The van der Waals surface area contributed by atoms with Gasteiger partial charge in [-0.1, -0.05) is 13.0 Å². The zero-order valence-electron chi connectivity index (χ0n) is 18.7. The predicted molar refractivity (Wildman–Crippen MR) is 142 cm³/mol. The lowest BCUT2D eigenvalue weighted by Crippen LogP contribution is -2.47. The van der Waals surface area contributed by atoms with E-state index in [2.05, 4.69) is 61.8 Å². The maximum atomic E-state index is 4.79. The van der Waals surface area contributed by atoms with Gasteiger partial charge in [-0.2, -0.15) is 0 Å². The molecule has 0 amide bonds. The first-order valence-corrected chi connectivity index (χ1v) is 11.9. The van der Waals surface area contributed by atoms with E-state index in [0.717, 1.165) is 77.1 Å². The SMILES string of the molecule is CCNC(=NCC(C)Cc1cccs1)NCCCN1CCN(c2ncccn2)CC1.I. The Bertz CT molecular complexity index is 734. The fraction of sp³-hybridized carbons (Fsp3) is 0.591. The summed E-state index contributed by atoms with van der Waals surface area (Å²) in [5.74, 6) is 2.32. The molecule has 9 heteroatoms. The molecule has 2 N–H and O–H groups in total. The number of hydrogen-bond donors (Lipinski definition) is 2. The Morgan fingerprint density at radius 3 is 2.61 bits per heavy atom. The van der Waals surface area contributed by atoms with Gasteiger partial charge in [0.15, 0.2) is 5.96 Å². The summed E-state index contributed by atoms with van der Waals surface area (Å²) in [5, 5.41) is 9.01. The molecule has 7 nitrogen and oxygen atoms in total. The minimum atomic E-state index is 0. The fourth-order valence-electron chi connectivity index (χ4n) is 3.56. The average Bonchev–Trinajstić information content (AvgIpc) is 3.29. The van der Waals surface area contributed by atoms with Crippen LogP contribution in [0, 0.1) is 5.92 Å². The molecule has 2 aromatic heterocycles. The van der Waals surface area contributed by atoms with E-state index in [9.17, 15) is 0 Å². The van der Waals surface area contributed by atoms with Gasteiger partial charge in [-0.15, -0.1) is 35.3 Å². The van der Waals surface area contributed by atoms with Crippen LogP contribution < -0.4 is 15.5 Å². The molecule has 172 valence electrons. The number of halogens is 1. The maximum Gasteiger partial charge on any atom is 0.225 e. The molecule has 0 bridgehead atoms. The molecular weight excluding hydrogens is 521 g/mol. The Hall–Kier alpha value is -1.46. The number of anilines is 1. The average molecular weight is 558 g/mol.